The number of carbonyl (C=O) groups is 1. The predicted molar refractivity (Wildman–Crippen MR) is 44.0 cm³/mol. The first kappa shape index (κ1) is 9.41. The van der Waals surface area contributed by atoms with Crippen molar-refractivity contribution in [3.05, 3.63) is 12.2 Å². The third-order valence-electron chi connectivity index (χ3n) is 1.30. The molecule has 0 aromatic carbocycles. The number of Topliss-reactive ketones (excluding diaryl/α,β-unsaturated/α-hetero) is 1. The van der Waals surface area contributed by atoms with Crippen molar-refractivity contribution in [2.75, 3.05) is 0 Å². The lowest BCUT2D eigenvalue weighted by molar-refractivity contribution is -0.117. The lowest BCUT2D eigenvalue weighted by atomic mass is 10.2. The third-order valence-corrected chi connectivity index (χ3v) is 1.30. The highest BCUT2D eigenvalue weighted by molar-refractivity contribution is 5.75. The molecule has 0 saturated carbocycles. The molecule has 0 rings (SSSR count). The molecule has 0 aliphatic carbocycles. The molecule has 0 unspecified atom stereocenters. The Hall–Kier alpha value is -0.590. The van der Waals surface area contributed by atoms with Crippen LogP contribution in [0.4, 0.5) is 0 Å². The van der Waals surface area contributed by atoms with E-state index in [2.05, 4.69) is 19.1 Å². The molecule has 0 aliphatic rings. The summed E-state index contributed by atoms with van der Waals surface area (Å²) < 4.78 is 0. The van der Waals surface area contributed by atoms with Gasteiger partial charge >= 0.3 is 0 Å². The molecule has 0 N–H and O–H groups in total. The molecule has 0 heterocycles. The number of hydrogen-bond donors (Lipinski definition) is 0. The van der Waals surface area contributed by atoms with E-state index in [0.29, 0.717) is 5.78 Å². The average Bonchev–Trinajstić information content (AvgIpc) is 1.87. The highest BCUT2D eigenvalue weighted by atomic mass is 16.1. The van der Waals surface area contributed by atoms with E-state index < -0.39 is 0 Å². The molecule has 0 radical (unpaired) electrons. The van der Waals surface area contributed by atoms with Gasteiger partial charge in [0.1, 0.15) is 5.78 Å². The molecule has 1 nitrogen and oxygen atoms in total. The van der Waals surface area contributed by atoms with Crippen molar-refractivity contribution in [3.63, 3.8) is 0 Å². The predicted octanol–water partition coefficient (Wildman–Crippen LogP) is 2.71. The summed E-state index contributed by atoms with van der Waals surface area (Å²) in [5.74, 6) is 0.296. The average molecular weight is 140 g/mol. The van der Waals surface area contributed by atoms with Gasteiger partial charge in [-0.2, -0.15) is 0 Å². The molecule has 0 bridgehead atoms. The van der Waals surface area contributed by atoms with Gasteiger partial charge in [-0.3, -0.25) is 0 Å². The van der Waals surface area contributed by atoms with Crippen molar-refractivity contribution >= 4 is 5.78 Å². The van der Waals surface area contributed by atoms with Gasteiger partial charge in [0, 0.05) is 6.42 Å². The first-order valence-electron chi connectivity index (χ1n) is 3.91. The van der Waals surface area contributed by atoms with E-state index in [1.807, 2.05) is 0 Å². The third kappa shape index (κ3) is 7.41. The summed E-state index contributed by atoms with van der Waals surface area (Å²) >= 11 is 0. The van der Waals surface area contributed by atoms with Gasteiger partial charge < -0.3 is 4.79 Å². The Labute approximate surface area is 63.1 Å². The van der Waals surface area contributed by atoms with Crippen molar-refractivity contribution in [1.82, 2.24) is 0 Å². The molecular weight excluding hydrogens is 124 g/mol. The minimum atomic E-state index is 0.296. The van der Waals surface area contributed by atoms with Crippen LogP contribution in [-0.4, -0.2) is 5.78 Å². The van der Waals surface area contributed by atoms with Gasteiger partial charge in [-0.05, 0) is 26.2 Å². The van der Waals surface area contributed by atoms with Crippen LogP contribution in [0, 0.1) is 0 Å². The maximum atomic E-state index is 10.5. The molecule has 0 fully saturated rings. The van der Waals surface area contributed by atoms with Crippen molar-refractivity contribution in [2.24, 2.45) is 0 Å². The Bertz CT molecular complexity index is 114. The normalized spacial score (nSPS) is 10.6. The van der Waals surface area contributed by atoms with Crippen LogP contribution in [-0.2, 0) is 4.79 Å². The molecule has 0 aliphatic heterocycles. The molecule has 10 heavy (non-hydrogen) atoms. The van der Waals surface area contributed by atoms with Crippen LogP contribution in [0.25, 0.3) is 0 Å². The highest BCUT2D eigenvalue weighted by Gasteiger charge is 1.89. The standard InChI is InChI=1S/C9H16O/c1-3-4-5-6-7-8-9(2)10/h4-5H,3,6-8H2,1-2H3/b5-4-. The largest absolute Gasteiger partial charge is 0.300 e. The van der Waals surface area contributed by atoms with Gasteiger partial charge in [-0.15, -0.1) is 0 Å². The second-order valence-corrected chi connectivity index (χ2v) is 2.47. The summed E-state index contributed by atoms with van der Waals surface area (Å²) in [6.07, 6.45) is 8.16. The lowest BCUT2D eigenvalue weighted by Crippen LogP contribution is -1.87. The van der Waals surface area contributed by atoms with Crippen molar-refractivity contribution in [1.29, 1.82) is 0 Å². The van der Waals surface area contributed by atoms with Crippen LogP contribution in [0.1, 0.15) is 39.5 Å². The van der Waals surface area contributed by atoms with E-state index in [0.717, 1.165) is 25.7 Å². The molecule has 1 heteroatoms. The fourth-order valence-electron chi connectivity index (χ4n) is 0.753. The second kappa shape index (κ2) is 6.53. The van der Waals surface area contributed by atoms with Crippen LogP contribution in [0.2, 0.25) is 0 Å². The van der Waals surface area contributed by atoms with E-state index in [-0.39, 0.29) is 0 Å². The Kier molecular flexibility index (Phi) is 6.14. The zero-order valence-electron chi connectivity index (χ0n) is 6.89. The van der Waals surface area contributed by atoms with E-state index in [9.17, 15) is 4.79 Å². The van der Waals surface area contributed by atoms with Crippen LogP contribution in [0.5, 0.6) is 0 Å². The molecule has 0 aromatic heterocycles. The number of allylic oxidation sites excluding steroid dienone is 2. The molecule has 58 valence electrons. The van der Waals surface area contributed by atoms with Crippen LogP contribution >= 0.6 is 0 Å². The Balaban J connectivity index is 3.05. The smallest absolute Gasteiger partial charge is 0.129 e. The minimum Gasteiger partial charge on any atom is -0.300 e. The van der Waals surface area contributed by atoms with Crippen LogP contribution in [0.15, 0.2) is 12.2 Å². The number of hydrogen-bond acceptors (Lipinski definition) is 1. The summed E-state index contributed by atoms with van der Waals surface area (Å²) in [4.78, 5) is 10.5. The van der Waals surface area contributed by atoms with Gasteiger partial charge in [-0.25, -0.2) is 0 Å². The van der Waals surface area contributed by atoms with Crippen LogP contribution < -0.4 is 0 Å². The quantitative estimate of drug-likeness (QED) is 0.424. The lowest BCUT2D eigenvalue weighted by Gasteiger charge is -1.89. The van der Waals surface area contributed by atoms with Crippen molar-refractivity contribution in [2.45, 2.75) is 39.5 Å². The minimum absolute atomic E-state index is 0.296. The first-order chi connectivity index (χ1) is 4.77. The van der Waals surface area contributed by atoms with E-state index in [1.54, 1.807) is 6.92 Å². The molecule has 0 atom stereocenters. The van der Waals surface area contributed by atoms with E-state index in [4.69, 9.17) is 0 Å². The summed E-state index contributed by atoms with van der Waals surface area (Å²) in [6.45, 7) is 3.75. The van der Waals surface area contributed by atoms with Crippen molar-refractivity contribution in [3.8, 4) is 0 Å². The van der Waals surface area contributed by atoms with Gasteiger partial charge in [-0.1, -0.05) is 19.1 Å². The second-order valence-electron chi connectivity index (χ2n) is 2.47. The molecule has 0 spiro atoms. The fraction of sp³-hybridized carbons (Fsp3) is 0.667. The Morgan fingerprint density at radius 1 is 1.40 bits per heavy atom. The number of ketones is 1. The van der Waals surface area contributed by atoms with Gasteiger partial charge in [0.15, 0.2) is 0 Å². The Morgan fingerprint density at radius 2 is 2.10 bits per heavy atom. The SMILES string of the molecule is CC/C=C\CCCC(C)=O. The summed E-state index contributed by atoms with van der Waals surface area (Å²) in [5.41, 5.74) is 0. The number of carbonyl (C=O) groups excluding carboxylic acids is 1. The highest BCUT2D eigenvalue weighted by Crippen LogP contribution is 1.97. The zero-order chi connectivity index (χ0) is 7.82. The molecule has 0 aromatic rings. The monoisotopic (exact) mass is 140 g/mol. The summed E-state index contributed by atoms with van der Waals surface area (Å²) in [5, 5.41) is 0. The maximum absolute atomic E-state index is 10.5. The van der Waals surface area contributed by atoms with E-state index >= 15 is 0 Å². The zero-order valence-corrected chi connectivity index (χ0v) is 6.89. The van der Waals surface area contributed by atoms with Gasteiger partial charge in [0.25, 0.3) is 0 Å². The number of rotatable bonds is 5. The summed E-state index contributed by atoms with van der Waals surface area (Å²) in [6, 6.07) is 0. The first-order valence-corrected chi connectivity index (χ1v) is 3.91. The van der Waals surface area contributed by atoms with E-state index in [1.165, 1.54) is 0 Å². The molecular formula is C9H16O. The van der Waals surface area contributed by atoms with Gasteiger partial charge in [0.05, 0.1) is 0 Å². The molecule has 0 saturated heterocycles. The van der Waals surface area contributed by atoms with Gasteiger partial charge in [0.2, 0.25) is 0 Å². The summed E-state index contributed by atoms with van der Waals surface area (Å²) in [7, 11) is 0. The number of unbranched alkanes of at least 4 members (excludes halogenated alkanes) is 1. The topological polar surface area (TPSA) is 17.1 Å². The van der Waals surface area contributed by atoms with Crippen LogP contribution in [0.3, 0.4) is 0 Å². The van der Waals surface area contributed by atoms with Crippen molar-refractivity contribution < 1.29 is 4.79 Å². The fourth-order valence-corrected chi connectivity index (χ4v) is 0.753. The Morgan fingerprint density at radius 3 is 2.60 bits per heavy atom. The maximum Gasteiger partial charge on any atom is 0.129 e. The molecule has 0 amide bonds.